The van der Waals surface area contributed by atoms with Crippen molar-refractivity contribution < 1.29 is 24.6 Å². The molecule has 0 aliphatic carbocycles. The van der Waals surface area contributed by atoms with Crippen molar-refractivity contribution in [2.75, 3.05) is 0 Å². The normalized spacial score (nSPS) is 11.9. The minimum atomic E-state index is -0.912. The number of unbranched alkanes of at least 4 members (excludes halogenated alkanes) is 48. The number of carboxylic acids is 2. The van der Waals surface area contributed by atoms with E-state index in [0.29, 0.717) is 19.3 Å². The highest BCUT2D eigenvalue weighted by molar-refractivity contribution is 5.98. The van der Waals surface area contributed by atoms with Crippen molar-refractivity contribution in [1.29, 1.82) is 0 Å². The van der Waals surface area contributed by atoms with Crippen LogP contribution in [0.5, 0.6) is 0 Å². The zero-order valence-corrected chi connectivity index (χ0v) is 47.2. The third-order valence-electron chi connectivity index (χ3n) is 14.7. The highest BCUT2D eigenvalue weighted by atomic mass is 16.4. The van der Waals surface area contributed by atoms with Crippen molar-refractivity contribution in [2.24, 2.45) is 5.92 Å². The van der Waals surface area contributed by atoms with Gasteiger partial charge in [0.1, 0.15) is 11.7 Å². The first-order valence-corrected chi connectivity index (χ1v) is 31.5. The molecule has 0 rings (SSSR count). The van der Waals surface area contributed by atoms with E-state index >= 15 is 0 Å². The molecule has 0 saturated heterocycles. The van der Waals surface area contributed by atoms with Gasteiger partial charge in [-0.25, -0.2) is 0 Å². The molecule has 2 N–H and O–H groups in total. The van der Waals surface area contributed by atoms with Crippen LogP contribution in [0.3, 0.4) is 0 Å². The van der Waals surface area contributed by atoms with Crippen LogP contribution >= 0.6 is 0 Å². The van der Waals surface area contributed by atoms with Crippen LogP contribution in [-0.2, 0) is 14.4 Å². The van der Waals surface area contributed by atoms with Gasteiger partial charge in [0.25, 0.3) is 0 Å². The largest absolute Gasteiger partial charge is 0.481 e. The number of hydrogen-bond acceptors (Lipinski definition) is 3. The lowest BCUT2D eigenvalue weighted by Gasteiger charge is -2.11. The number of allylic oxidation sites excluding steroid dienone is 2. The number of carbonyl (C=O) groups excluding carboxylic acids is 1. The third kappa shape index (κ3) is 62.4. The first kappa shape index (κ1) is 69.4. The summed E-state index contributed by atoms with van der Waals surface area (Å²) in [5.74, 6) is -2.39. The molecule has 410 valence electrons. The summed E-state index contributed by atoms with van der Waals surface area (Å²) in [6.45, 7) is 6.83. The van der Waals surface area contributed by atoms with Gasteiger partial charge in [0.15, 0.2) is 0 Å². The fourth-order valence-electron chi connectivity index (χ4n) is 9.92. The monoisotopic (exact) mass is 973 g/mol. The van der Waals surface area contributed by atoms with Gasteiger partial charge in [0.2, 0.25) is 0 Å². The summed E-state index contributed by atoms with van der Waals surface area (Å²) in [7, 11) is 0. The Balaban J connectivity index is 0. The lowest BCUT2D eigenvalue weighted by atomic mass is 9.93. The molecule has 0 fully saturated rings. The molecule has 0 amide bonds. The molecule has 0 bridgehead atoms. The summed E-state index contributed by atoms with van der Waals surface area (Å²) in [4.78, 5) is 34.6. The number of carboxylic acid groups (broad SMARTS) is 2. The molecule has 0 aliphatic rings. The highest BCUT2D eigenvalue weighted by Crippen LogP contribution is 2.20. The average Bonchev–Trinajstić information content (AvgIpc) is 3.34. The molecule has 0 heterocycles. The Morgan fingerprint density at radius 2 is 0.507 bits per heavy atom. The molecule has 0 saturated carbocycles. The molecule has 0 aromatic rings. The Hall–Kier alpha value is -1.65. The van der Waals surface area contributed by atoms with Crippen LogP contribution in [0.15, 0.2) is 12.2 Å². The van der Waals surface area contributed by atoms with Crippen molar-refractivity contribution >= 4 is 17.7 Å². The fraction of sp³-hybridized carbons (Fsp3) is 0.922. The number of aliphatic carboxylic acids is 2. The van der Waals surface area contributed by atoms with Crippen molar-refractivity contribution in [1.82, 2.24) is 0 Å². The van der Waals surface area contributed by atoms with Crippen molar-refractivity contribution in [2.45, 2.75) is 374 Å². The van der Waals surface area contributed by atoms with Crippen LogP contribution in [0, 0.1) is 5.92 Å². The van der Waals surface area contributed by atoms with E-state index in [0.717, 1.165) is 51.4 Å². The maximum Gasteiger partial charge on any atom is 0.314 e. The molecular weight excluding hydrogens is 849 g/mol. The zero-order chi connectivity index (χ0) is 50.6. The second-order valence-electron chi connectivity index (χ2n) is 21.7. The fourth-order valence-corrected chi connectivity index (χ4v) is 9.92. The van der Waals surface area contributed by atoms with Gasteiger partial charge in [0, 0.05) is 12.8 Å². The van der Waals surface area contributed by atoms with Crippen LogP contribution in [0.1, 0.15) is 374 Å². The molecule has 5 heteroatoms. The van der Waals surface area contributed by atoms with Gasteiger partial charge in [-0.2, -0.15) is 0 Å². The first-order valence-electron chi connectivity index (χ1n) is 31.5. The van der Waals surface area contributed by atoms with Crippen LogP contribution in [0.25, 0.3) is 0 Å². The zero-order valence-electron chi connectivity index (χ0n) is 47.2. The smallest absolute Gasteiger partial charge is 0.314 e. The van der Waals surface area contributed by atoms with Crippen LogP contribution in [0.4, 0.5) is 0 Å². The van der Waals surface area contributed by atoms with Gasteiger partial charge in [-0.1, -0.05) is 328 Å². The maximum absolute atomic E-state index is 12.5. The Kier molecular flexibility index (Phi) is 62.9. The van der Waals surface area contributed by atoms with Crippen molar-refractivity contribution in [3.8, 4) is 0 Å². The van der Waals surface area contributed by atoms with E-state index in [1.54, 1.807) is 0 Å². The number of ketones is 1. The van der Waals surface area contributed by atoms with Gasteiger partial charge >= 0.3 is 11.9 Å². The molecular formula is C64H124O5. The molecule has 0 radical (unpaired) electrons. The quantitative estimate of drug-likeness (QED) is 0.0360. The number of rotatable bonds is 58. The summed E-state index contributed by atoms with van der Waals surface area (Å²) < 4.78 is 0. The molecule has 0 aliphatic heterocycles. The maximum atomic E-state index is 12.5. The van der Waals surface area contributed by atoms with Crippen LogP contribution < -0.4 is 0 Å². The Labute approximate surface area is 432 Å². The number of hydrogen-bond donors (Lipinski definition) is 2. The first-order chi connectivity index (χ1) is 33.9. The van der Waals surface area contributed by atoms with E-state index in [9.17, 15) is 19.5 Å². The Bertz CT molecular complexity index is 1040. The van der Waals surface area contributed by atoms with Gasteiger partial charge in [0.05, 0.1) is 0 Å². The molecule has 0 aromatic carbocycles. The van der Waals surface area contributed by atoms with Crippen molar-refractivity contribution in [3.05, 3.63) is 12.2 Å². The van der Waals surface area contributed by atoms with Gasteiger partial charge in [-0.15, -0.1) is 0 Å². The summed E-state index contributed by atoms with van der Waals surface area (Å²) >= 11 is 0. The summed E-state index contributed by atoms with van der Waals surface area (Å²) in [6.07, 6.45) is 74.6. The molecule has 0 aromatic heterocycles. The van der Waals surface area contributed by atoms with Gasteiger partial charge in [-0.05, 0) is 44.9 Å². The van der Waals surface area contributed by atoms with Crippen LogP contribution in [0.2, 0.25) is 0 Å². The Morgan fingerprint density at radius 1 is 0.290 bits per heavy atom. The second kappa shape index (κ2) is 62.5. The average molecular weight is 974 g/mol. The molecule has 5 nitrogen and oxygen atoms in total. The minimum Gasteiger partial charge on any atom is -0.481 e. The van der Waals surface area contributed by atoms with E-state index in [2.05, 4.69) is 32.9 Å². The molecule has 69 heavy (non-hydrogen) atoms. The van der Waals surface area contributed by atoms with E-state index in [4.69, 9.17) is 5.11 Å². The minimum absolute atomic E-state index is 0.0444. The molecule has 1 unspecified atom stereocenters. The van der Waals surface area contributed by atoms with E-state index in [1.165, 1.54) is 283 Å². The van der Waals surface area contributed by atoms with Gasteiger partial charge < -0.3 is 10.2 Å². The SMILES string of the molecule is CCCCCCCC/C=C\CCCCCCCC(=O)C(CCCCCCCCCCCCCCCCCCCC)C(=O)O.CCCCCCCCCCCCCCCCCCCCCCCC(=O)O. The lowest BCUT2D eigenvalue weighted by molar-refractivity contribution is -0.146. The second-order valence-corrected chi connectivity index (χ2v) is 21.7. The summed E-state index contributed by atoms with van der Waals surface area (Å²) in [5.41, 5.74) is 0. The highest BCUT2D eigenvalue weighted by Gasteiger charge is 2.24. The van der Waals surface area contributed by atoms with Crippen LogP contribution in [-0.4, -0.2) is 27.9 Å². The van der Waals surface area contributed by atoms with E-state index in [-0.39, 0.29) is 5.78 Å². The third-order valence-corrected chi connectivity index (χ3v) is 14.7. The molecule has 0 spiro atoms. The topological polar surface area (TPSA) is 91.7 Å². The summed E-state index contributed by atoms with van der Waals surface area (Å²) in [5, 5.41) is 18.2. The van der Waals surface area contributed by atoms with Crippen molar-refractivity contribution in [3.63, 3.8) is 0 Å². The van der Waals surface area contributed by atoms with E-state index < -0.39 is 17.9 Å². The number of Topliss-reactive ketones (excluding diaryl/α,β-unsaturated/α-hetero) is 1. The Morgan fingerprint density at radius 3 is 0.754 bits per heavy atom. The standard InChI is InChI=1S/C40H76O3.C24H48O2/c1-3-5-7-9-11-13-15-17-19-20-21-23-24-26-28-30-32-34-36-38(40(42)43)39(41)37-35-33-31-29-27-25-22-18-16-14-12-10-8-6-4-2;1-2-3-4-5-6-7-8-9-10-11-12-13-14-15-16-17-18-19-20-21-22-23-24(25)26/h18,22,38H,3-17,19-21,23-37H2,1-2H3,(H,42,43);2-23H2,1H3,(H,25,26)/b22-18-;. The predicted octanol–water partition coefficient (Wildman–Crippen LogP) is 22.4. The van der Waals surface area contributed by atoms with E-state index in [1.807, 2.05) is 0 Å². The lowest BCUT2D eigenvalue weighted by Crippen LogP contribution is -2.23. The molecule has 1 atom stereocenters. The summed E-state index contributed by atoms with van der Waals surface area (Å²) in [6, 6.07) is 0. The predicted molar refractivity (Wildman–Crippen MR) is 304 cm³/mol. The number of carbonyl (C=O) groups is 3. The van der Waals surface area contributed by atoms with Gasteiger partial charge in [-0.3, -0.25) is 14.4 Å².